The maximum Gasteiger partial charge on any atom is 0.164 e. The third-order valence-electron chi connectivity index (χ3n) is 4.77. The van der Waals surface area contributed by atoms with Crippen LogP contribution in [0.3, 0.4) is 0 Å². The molecule has 1 fully saturated rings. The topological polar surface area (TPSA) is 34.1 Å². The highest BCUT2D eigenvalue weighted by Gasteiger charge is 2.36. The summed E-state index contributed by atoms with van der Waals surface area (Å²) in [6, 6.07) is 1.84. The SMILES string of the molecule is CC(C)(C(=O)CCC(=O)c1ccsc1)C1CCCCC1. The van der Waals surface area contributed by atoms with Crippen molar-refractivity contribution in [1.29, 1.82) is 0 Å². The summed E-state index contributed by atoms with van der Waals surface area (Å²) in [5, 5.41) is 3.76. The summed E-state index contributed by atoms with van der Waals surface area (Å²) in [4.78, 5) is 24.5. The molecule has 0 spiro atoms. The van der Waals surface area contributed by atoms with E-state index in [1.807, 2.05) is 16.8 Å². The number of carbonyl (C=O) groups is 2. The average molecular weight is 292 g/mol. The molecule has 0 atom stereocenters. The highest BCUT2D eigenvalue weighted by atomic mass is 32.1. The predicted molar refractivity (Wildman–Crippen MR) is 83.2 cm³/mol. The zero-order valence-electron chi connectivity index (χ0n) is 12.5. The van der Waals surface area contributed by atoms with E-state index in [2.05, 4.69) is 13.8 Å². The van der Waals surface area contributed by atoms with Crippen LogP contribution >= 0.6 is 11.3 Å². The number of hydrogen-bond acceptors (Lipinski definition) is 3. The maximum atomic E-state index is 12.5. The van der Waals surface area contributed by atoms with E-state index >= 15 is 0 Å². The summed E-state index contributed by atoms with van der Waals surface area (Å²) in [6.45, 7) is 4.14. The zero-order chi connectivity index (χ0) is 14.6. The van der Waals surface area contributed by atoms with Gasteiger partial charge in [-0.25, -0.2) is 0 Å². The number of carbonyl (C=O) groups excluding carboxylic acids is 2. The molecule has 2 rings (SSSR count). The number of ketones is 2. The first-order valence-electron chi connectivity index (χ1n) is 7.60. The Morgan fingerprint density at radius 3 is 2.50 bits per heavy atom. The van der Waals surface area contributed by atoms with Crippen LogP contribution in [-0.4, -0.2) is 11.6 Å². The fourth-order valence-electron chi connectivity index (χ4n) is 3.17. The van der Waals surface area contributed by atoms with Crippen molar-refractivity contribution in [1.82, 2.24) is 0 Å². The Morgan fingerprint density at radius 1 is 1.20 bits per heavy atom. The van der Waals surface area contributed by atoms with Crippen LogP contribution in [0.5, 0.6) is 0 Å². The lowest BCUT2D eigenvalue weighted by Gasteiger charge is -2.35. The van der Waals surface area contributed by atoms with Gasteiger partial charge >= 0.3 is 0 Å². The second-order valence-corrected chi connectivity index (χ2v) is 7.20. The maximum absolute atomic E-state index is 12.5. The minimum Gasteiger partial charge on any atom is -0.299 e. The first kappa shape index (κ1) is 15.4. The molecule has 1 saturated carbocycles. The minimum atomic E-state index is -0.269. The van der Waals surface area contributed by atoms with Crippen molar-refractivity contribution in [3.63, 3.8) is 0 Å². The lowest BCUT2D eigenvalue weighted by atomic mass is 9.68. The third kappa shape index (κ3) is 3.57. The van der Waals surface area contributed by atoms with Crippen LogP contribution in [0.4, 0.5) is 0 Å². The van der Waals surface area contributed by atoms with Crippen LogP contribution < -0.4 is 0 Å². The first-order chi connectivity index (χ1) is 9.51. The molecule has 3 heteroatoms. The molecule has 0 saturated heterocycles. The molecule has 0 amide bonds. The molecule has 110 valence electrons. The smallest absolute Gasteiger partial charge is 0.164 e. The second-order valence-electron chi connectivity index (χ2n) is 6.41. The van der Waals surface area contributed by atoms with Gasteiger partial charge in [-0.15, -0.1) is 0 Å². The highest BCUT2D eigenvalue weighted by molar-refractivity contribution is 7.08. The Labute approximate surface area is 125 Å². The quantitative estimate of drug-likeness (QED) is 0.700. The summed E-state index contributed by atoms with van der Waals surface area (Å²) in [5.74, 6) is 0.854. The van der Waals surface area contributed by atoms with Gasteiger partial charge < -0.3 is 0 Å². The molecule has 0 radical (unpaired) electrons. The van der Waals surface area contributed by atoms with E-state index in [-0.39, 0.29) is 17.0 Å². The summed E-state index contributed by atoms with van der Waals surface area (Å²) >= 11 is 1.52. The van der Waals surface area contributed by atoms with Gasteiger partial charge in [0.2, 0.25) is 0 Å². The molecule has 0 bridgehead atoms. The molecular weight excluding hydrogens is 268 g/mol. The minimum absolute atomic E-state index is 0.0963. The summed E-state index contributed by atoms with van der Waals surface area (Å²) in [6.07, 6.45) is 6.86. The van der Waals surface area contributed by atoms with Gasteiger partial charge in [-0.2, -0.15) is 11.3 Å². The molecule has 2 nitrogen and oxygen atoms in total. The van der Waals surface area contributed by atoms with Crippen molar-refractivity contribution in [2.75, 3.05) is 0 Å². The zero-order valence-corrected chi connectivity index (χ0v) is 13.3. The highest BCUT2D eigenvalue weighted by Crippen LogP contribution is 2.39. The van der Waals surface area contributed by atoms with E-state index in [0.29, 0.717) is 18.8 Å². The van der Waals surface area contributed by atoms with Gasteiger partial charge in [0.05, 0.1) is 0 Å². The Balaban J connectivity index is 1.88. The van der Waals surface area contributed by atoms with Gasteiger partial charge in [0.15, 0.2) is 5.78 Å². The average Bonchev–Trinajstić information content (AvgIpc) is 2.99. The lowest BCUT2D eigenvalue weighted by molar-refractivity contribution is -0.130. The lowest BCUT2D eigenvalue weighted by Crippen LogP contribution is -2.34. The van der Waals surface area contributed by atoms with E-state index in [4.69, 9.17) is 0 Å². The normalized spacial score (nSPS) is 17.1. The van der Waals surface area contributed by atoms with Crippen molar-refractivity contribution < 1.29 is 9.59 Å². The van der Waals surface area contributed by atoms with Gasteiger partial charge in [-0.05, 0) is 30.2 Å². The predicted octanol–water partition coefficient (Wildman–Crippen LogP) is 4.89. The Kier molecular flexibility index (Phi) is 5.14. The summed E-state index contributed by atoms with van der Waals surface area (Å²) in [7, 11) is 0. The fourth-order valence-corrected chi connectivity index (χ4v) is 3.83. The van der Waals surface area contributed by atoms with Gasteiger partial charge in [0.1, 0.15) is 5.78 Å². The van der Waals surface area contributed by atoms with E-state index in [9.17, 15) is 9.59 Å². The van der Waals surface area contributed by atoms with Gasteiger partial charge in [0, 0.05) is 29.2 Å². The van der Waals surface area contributed by atoms with Crippen LogP contribution in [0.2, 0.25) is 0 Å². The van der Waals surface area contributed by atoms with E-state index in [1.165, 1.54) is 30.6 Å². The molecule has 0 aromatic carbocycles. The summed E-state index contributed by atoms with van der Waals surface area (Å²) < 4.78 is 0. The molecule has 20 heavy (non-hydrogen) atoms. The van der Waals surface area contributed by atoms with Gasteiger partial charge in [-0.3, -0.25) is 9.59 Å². The van der Waals surface area contributed by atoms with Gasteiger partial charge in [-0.1, -0.05) is 33.1 Å². The molecule has 0 N–H and O–H groups in total. The summed E-state index contributed by atoms with van der Waals surface area (Å²) in [5.41, 5.74) is 0.480. The Morgan fingerprint density at radius 2 is 1.90 bits per heavy atom. The molecule has 1 heterocycles. The standard InChI is InChI=1S/C17H24O2S/c1-17(2,14-6-4-3-5-7-14)16(19)9-8-15(18)13-10-11-20-12-13/h10-12,14H,3-9H2,1-2H3. The Hall–Kier alpha value is -0.960. The van der Waals surface area contributed by atoms with Crippen LogP contribution in [0.15, 0.2) is 16.8 Å². The number of rotatable bonds is 6. The van der Waals surface area contributed by atoms with Crippen LogP contribution in [-0.2, 0) is 4.79 Å². The second kappa shape index (κ2) is 6.66. The number of hydrogen-bond donors (Lipinski definition) is 0. The Bertz CT molecular complexity index is 453. The number of thiophene rings is 1. The monoisotopic (exact) mass is 292 g/mol. The van der Waals surface area contributed by atoms with Crippen LogP contribution in [0.25, 0.3) is 0 Å². The number of Topliss-reactive ketones (excluding diaryl/α,β-unsaturated/α-hetero) is 2. The van der Waals surface area contributed by atoms with E-state index in [1.54, 1.807) is 0 Å². The van der Waals surface area contributed by atoms with Gasteiger partial charge in [0.25, 0.3) is 0 Å². The van der Waals surface area contributed by atoms with Crippen LogP contribution in [0, 0.1) is 11.3 Å². The molecule has 0 unspecified atom stereocenters. The van der Waals surface area contributed by atoms with Crippen molar-refractivity contribution in [3.05, 3.63) is 22.4 Å². The van der Waals surface area contributed by atoms with Crippen molar-refractivity contribution >= 4 is 22.9 Å². The fraction of sp³-hybridized carbons (Fsp3) is 0.647. The van der Waals surface area contributed by atoms with Crippen molar-refractivity contribution in [2.45, 2.75) is 58.8 Å². The van der Waals surface area contributed by atoms with E-state index < -0.39 is 0 Å². The molecule has 1 aliphatic carbocycles. The molecule has 1 aliphatic rings. The van der Waals surface area contributed by atoms with E-state index in [0.717, 1.165) is 18.4 Å². The van der Waals surface area contributed by atoms with Crippen molar-refractivity contribution in [3.8, 4) is 0 Å². The van der Waals surface area contributed by atoms with Crippen molar-refractivity contribution in [2.24, 2.45) is 11.3 Å². The largest absolute Gasteiger partial charge is 0.299 e. The first-order valence-corrected chi connectivity index (χ1v) is 8.55. The third-order valence-corrected chi connectivity index (χ3v) is 5.45. The molecule has 1 aromatic heterocycles. The molecule has 0 aliphatic heterocycles. The van der Waals surface area contributed by atoms with Crippen LogP contribution in [0.1, 0.15) is 69.2 Å². The molecular formula is C17H24O2S. The molecule has 1 aromatic rings.